The van der Waals surface area contributed by atoms with Gasteiger partial charge in [-0.2, -0.15) is 0 Å². The molecule has 0 unspecified atom stereocenters. The fourth-order valence-corrected chi connectivity index (χ4v) is 1.82. The zero-order valence-corrected chi connectivity index (χ0v) is 10.6. The molecule has 0 radical (unpaired) electrons. The molecule has 3 nitrogen and oxygen atoms in total. The first kappa shape index (κ1) is 11.3. The van der Waals surface area contributed by atoms with Gasteiger partial charge in [-0.1, -0.05) is 15.9 Å². The van der Waals surface area contributed by atoms with Crippen molar-refractivity contribution in [3.63, 3.8) is 0 Å². The van der Waals surface area contributed by atoms with E-state index in [4.69, 9.17) is 0 Å². The molecule has 16 heavy (non-hydrogen) atoms. The summed E-state index contributed by atoms with van der Waals surface area (Å²) in [5.41, 5.74) is 0.467. The number of hydrogen-bond acceptors (Lipinski definition) is 2. The molecule has 0 saturated heterocycles. The lowest BCUT2D eigenvalue weighted by Crippen LogP contribution is -2.02. The Morgan fingerprint density at radius 3 is 2.75 bits per heavy atom. The molecule has 5 heteroatoms. The van der Waals surface area contributed by atoms with Crippen LogP contribution in [0, 0.1) is 5.82 Å². The number of aromatic nitrogens is 3. The summed E-state index contributed by atoms with van der Waals surface area (Å²) in [5, 5.41) is 7.77. The lowest BCUT2D eigenvalue weighted by Gasteiger charge is -2.10. The molecule has 0 N–H and O–H groups in total. The fourth-order valence-electron chi connectivity index (χ4n) is 1.48. The standard InChI is InChI=1S/C11H11BrFN3/c1-7(2)16-6-14-15-11(16)9-4-3-8(12)5-10(9)13/h3-7H,1-2H3. The Hall–Kier alpha value is -1.23. The first-order chi connectivity index (χ1) is 7.59. The van der Waals surface area contributed by atoms with Gasteiger partial charge >= 0.3 is 0 Å². The Labute approximate surface area is 101 Å². The summed E-state index contributed by atoms with van der Waals surface area (Å²) in [7, 11) is 0. The molecule has 0 amide bonds. The van der Waals surface area contributed by atoms with Crippen molar-refractivity contribution >= 4 is 15.9 Å². The van der Waals surface area contributed by atoms with Gasteiger partial charge in [0.25, 0.3) is 0 Å². The lowest BCUT2D eigenvalue weighted by molar-refractivity contribution is 0.594. The van der Waals surface area contributed by atoms with E-state index in [0.717, 1.165) is 0 Å². The first-order valence-corrected chi connectivity index (χ1v) is 5.74. The van der Waals surface area contributed by atoms with Crippen LogP contribution in [0.1, 0.15) is 19.9 Å². The molecule has 1 aromatic carbocycles. The molecule has 0 saturated carbocycles. The second kappa shape index (κ2) is 4.33. The van der Waals surface area contributed by atoms with E-state index in [1.807, 2.05) is 18.4 Å². The van der Waals surface area contributed by atoms with Crippen molar-refractivity contribution in [1.82, 2.24) is 14.8 Å². The van der Waals surface area contributed by atoms with Crippen LogP contribution < -0.4 is 0 Å². The Morgan fingerprint density at radius 1 is 1.38 bits per heavy atom. The quantitative estimate of drug-likeness (QED) is 0.846. The van der Waals surface area contributed by atoms with Gasteiger partial charge in [-0.25, -0.2) is 4.39 Å². The Kier molecular flexibility index (Phi) is 3.05. The summed E-state index contributed by atoms with van der Waals surface area (Å²) in [6.45, 7) is 4.01. The summed E-state index contributed by atoms with van der Waals surface area (Å²) in [4.78, 5) is 0. The Morgan fingerprint density at radius 2 is 2.12 bits per heavy atom. The van der Waals surface area contributed by atoms with Crippen LogP contribution in [0.2, 0.25) is 0 Å². The highest BCUT2D eigenvalue weighted by molar-refractivity contribution is 9.10. The molecule has 0 aliphatic carbocycles. The van der Waals surface area contributed by atoms with Crippen molar-refractivity contribution in [3.8, 4) is 11.4 Å². The van der Waals surface area contributed by atoms with Crippen molar-refractivity contribution in [2.45, 2.75) is 19.9 Å². The maximum absolute atomic E-state index is 13.7. The molecule has 0 aliphatic rings. The molecule has 0 aliphatic heterocycles. The molecule has 2 rings (SSSR count). The zero-order chi connectivity index (χ0) is 11.7. The van der Waals surface area contributed by atoms with Crippen molar-refractivity contribution in [3.05, 3.63) is 34.8 Å². The summed E-state index contributed by atoms with van der Waals surface area (Å²) in [5.74, 6) is 0.254. The number of benzene rings is 1. The second-order valence-electron chi connectivity index (χ2n) is 3.78. The molecular formula is C11H11BrFN3. The van der Waals surface area contributed by atoms with Crippen LogP contribution in [-0.2, 0) is 0 Å². The van der Waals surface area contributed by atoms with Gasteiger partial charge in [-0.05, 0) is 32.0 Å². The second-order valence-corrected chi connectivity index (χ2v) is 4.70. The van der Waals surface area contributed by atoms with Crippen LogP contribution >= 0.6 is 15.9 Å². The van der Waals surface area contributed by atoms with Gasteiger partial charge in [0, 0.05) is 10.5 Å². The van der Waals surface area contributed by atoms with Gasteiger partial charge in [-0.3, -0.25) is 0 Å². The largest absolute Gasteiger partial charge is 0.311 e. The van der Waals surface area contributed by atoms with Crippen molar-refractivity contribution in [1.29, 1.82) is 0 Å². The van der Waals surface area contributed by atoms with Crippen LogP contribution in [0.15, 0.2) is 29.0 Å². The minimum atomic E-state index is -0.302. The van der Waals surface area contributed by atoms with Crippen molar-refractivity contribution in [2.75, 3.05) is 0 Å². The maximum Gasteiger partial charge on any atom is 0.166 e. The van der Waals surface area contributed by atoms with E-state index in [1.54, 1.807) is 18.5 Å². The highest BCUT2D eigenvalue weighted by Gasteiger charge is 2.13. The normalized spacial score (nSPS) is 11.1. The highest BCUT2D eigenvalue weighted by atomic mass is 79.9. The molecule has 1 heterocycles. The van der Waals surface area contributed by atoms with E-state index in [1.165, 1.54) is 6.07 Å². The molecule has 0 fully saturated rings. The predicted octanol–water partition coefficient (Wildman–Crippen LogP) is 3.43. The number of rotatable bonds is 2. The van der Waals surface area contributed by atoms with Gasteiger partial charge in [0.1, 0.15) is 12.1 Å². The number of halogens is 2. The minimum Gasteiger partial charge on any atom is -0.311 e. The van der Waals surface area contributed by atoms with Crippen LogP contribution in [0.4, 0.5) is 4.39 Å². The molecular weight excluding hydrogens is 273 g/mol. The molecule has 84 valence electrons. The average molecular weight is 284 g/mol. The number of hydrogen-bond donors (Lipinski definition) is 0. The topological polar surface area (TPSA) is 30.7 Å². The lowest BCUT2D eigenvalue weighted by atomic mass is 10.2. The predicted molar refractivity (Wildman–Crippen MR) is 63.5 cm³/mol. The smallest absolute Gasteiger partial charge is 0.166 e. The van der Waals surface area contributed by atoms with Gasteiger partial charge in [0.15, 0.2) is 5.82 Å². The van der Waals surface area contributed by atoms with Crippen molar-refractivity contribution < 1.29 is 4.39 Å². The Balaban J connectivity index is 2.54. The van der Waals surface area contributed by atoms with E-state index in [-0.39, 0.29) is 11.9 Å². The monoisotopic (exact) mass is 283 g/mol. The van der Waals surface area contributed by atoms with E-state index < -0.39 is 0 Å². The van der Waals surface area contributed by atoms with E-state index >= 15 is 0 Å². The van der Waals surface area contributed by atoms with Crippen LogP contribution in [0.3, 0.4) is 0 Å². The third kappa shape index (κ3) is 2.00. The van der Waals surface area contributed by atoms with E-state index in [2.05, 4.69) is 26.1 Å². The molecule has 0 atom stereocenters. The average Bonchev–Trinajstić information content (AvgIpc) is 2.66. The van der Waals surface area contributed by atoms with E-state index in [9.17, 15) is 4.39 Å². The molecule has 2 aromatic rings. The summed E-state index contributed by atoms with van der Waals surface area (Å²) >= 11 is 3.22. The van der Waals surface area contributed by atoms with Gasteiger partial charge in [0.05, 0.1) is 5.56 Å². The third-order valence-corrected chi connectivity index (χ3v) is 2.79. The third-order valence-electron chi connectivity index (χ3n) is 2.30. The van der Waals surface area contributed by atoms with Crippen LogP contribution in [0.25, 0.3) is 11.4 Å². The zero-order valence-electron chi connectivity index (χ0n) is 8.98. The van der Waals surface area contributed by atoms with Crippen LogP contribution in [-0.4, -0.2) is 14.8 Å². The SMILES string of the molecule is CC(C)n1cnnc1-c1ccc(Br)cc1F. The van der Waals surface area contributed by atoms with E-state index in [0.29, 0.717) is 15.9 Å². The van der Waals surface area contributed by atoms with Gasteiger partial charge in [0.2, 0.25) is 0 Å². The Bertz CT molecular complexity index is 508. The summed E-state index contributed by atoms with van der Waals surface area (Å²) in [6, 6.07) is 5.11. The van der Waals surface area contributed by atoms with Gasteiger partial charge < -0.3 is 4.57 Å². The van der Waals surface area contributed by atoms with Gasteiger partial charge in [-0.15, -0.1) is 10.2 Å². The molecule has 0 spiro atoms. The fraction of sp³-hybridized carbons (Fsp3) is 0.273. The minimum absolute atomic E-state index is 0.202. The van der Waals surface area contributed by atoms with Crippen LogP contribution in [0.5, 0.6) is 0 Å². The summed E-state index contributed by atoms with van der Waals surface area (Å²) in [6.07, 6.45) is 1.61. The molecule has 0 bridgehead atoms. The maximum atomic E-state index is 13.7. The first-order valence-electron chi connectivity index (χ1n) is 4.94. The van der Waals surface area contributed by atoms with Crippen molar-refractivity contribution in [2.24, 2.45) is 0 Å². The highest BCUT2D eigenvalue weighted by Crippen LogP contribution is 2.25. The number of nitrogens with zero attached hydrogens (tertiary/aromatic N) is 3. The molecule has 1 aromatic heterocycles. The summed E-state index contributed by atoms with van der Waals surface area (Å²) < 4.78 is 16.3.